The van der Waals surface area contributed by atoms with E-state index >= 15 is 0 Å². The minimum absolute atomic E-state index is 1.33. The monoisotopic (exact) mass is 904 g/mol. The van der Waals surface area contributed by atoms with Crippen molar-refractivity contribution in [2.24, 2.45) is 5.92 Å². The lowest BCUT2D eigenvalue weighted by Gasteiger charge is -2.42. The second-order valence-electron chi connectivity index (χ2n) is 9.70. The Balaban J connectivity index is 0. The van der Waals surface area contributed by atoms with Crippen molar-refractivity contribution in [2.45, 2.75) is 103 Å². The third kappa shape index (κ3) is 7.27. The maximum Gasteiger partial charge on any atom is 0.460 e. The van der Waals surface area contributed by atoms with Crippen molar-refractivity contribution in [2.75, 3.05) is 0 Å². The molecule has 0 spiro atoms. The summed E-state index contributed by atoms with van der Waals surface area (Å²) in [6.07, 6.45) is -30.8. The minimum atomic E-state index is -8.72. The van der Waals surface area contributed by atoms with Gasteiger partial charge in [-0.3, -0.25) is 0 Å². The van der Waals surface area contributed by atoms with Crippen molar-refractivity contribution in [3.05, 3.63) is 0 Å². The van der Waals surface area contributed by atoms with E-state index in [9.17, 15) is 158 Å². The fourth-order valence-corrected chi connectivity index (χ4v) is 2.69. The molecule has 0 rings (SSSR count). The van der Waals surface area contributed by atoms with Crippen LogP contribution in [0.15, 0.2) is 0 Å². The smallest absolute Gasteiger partial charge is 0.199 e. The summed E-state index contributed by atoms with van der Waals surface area (Å²) in [5.74, 6) is -103. The van der Waals surface area contributed by atoms with Gasteiger partial charge < -0.3 is 0 Å². The number of hydrogen-bond donors (Lipinski definition) is 0. The van der Waals surface area contributed by atoms with Crippen LogP contribution in [-0.4, -0.2) is 95.8 Å². The average Bonchev–Trinajstić information content (AvgIpc) is 2.89. The highest BCUT2D eigenvalue weighted by atomic mass is 19.5. The molecule has 0 saturated carbocycles. The lowest BCUT2D eigenvalue weighted by atomic mass is 9.83. The molecule has 0 unspecified atom stereocenters. The molecule has 0 bridgehead atoms. The lowest BCUT2D eigenvalue weighted by Crippen LogP contribution is -2.74. The van der Waals surface area contributed by atoms with E-state index in [1.54, 1.807) is 0 Å². The molecule has 0 saturated heterocycles. The topological polar surface area (TPSA) is 0 Å². The van der Waals surface area contributed by atoms with Crippen LogP contribution in [0, 0.1) is 5.92 Å². The molecule has 0 N–H and O–H groups in total. The minimum Gasteiger partial charge on any atom is -0.199 e. The molecular weight excluding hydrogens is 900 g/mol. The van der Waals surface area contributed by atoms with Crippen molar-refractivity contribution in [1.82, 2.24) is 0 Å². The Labute approximate surface area is 268 Å². The maximum atomic E-state index is 13.3. The molecule has 328 valence electrons. The van der Waals surface area contributed by atoms with Crippen molar-refractivity contribution in [3.63, 3.8) is 0 Å². The highest BCUT2D eigenvalue weighted by Crippen LogP contribution is 2.65. The summed E-state index contributed by atoms with van der Waals surface area (Å²) < 4.78 is 447. The Morgan fingerprint density at radius 2 is 0.296 bits per heavy atom. The van der Waals surface area contributed by atoms with E-state index in [-0.39, 0.29) is 0 Å². The fraction of sp³-hybridized carbons (Fsp3) is 1.00. The van der Waals surface area contributed by atoms with Crippen LogP contribution in [0.1, 0.15) is 6.92 Å². The second-order valence-corrected chi connectivity index (χ2v) is 9.70. The maximum absolute atomic E-state index is 13.3. The average molecular weight is 904 g/mol. The summed E-state index contributed by atoms with van der Waals surface area (Å²) in [4.78, 5) is 0. The van der Waals surface area contributed by atoms with E-state index < -0.39 is 109 Å². The van der Waals surface area contributed by atoms with Crippen LogP contribution < -0.4 is 0 Å². The van der Waals surface area contributed by atoms with Gasteiger partial charge in [0, 0.05) is 0 Å². The molecule has 0 aliphatic carbocycles. The van der Waals surface area contributed by atoms with Gasteiger partial charge in [0.1, 0.15) is 0 Å². The lowest BCUT2D eigenvalue weighted by molar-refractivity contribution is -0.468. The van der Waals surface area contributed by atoms with Gasteiger partial charge in [0.05, 0.1) is 5.92 Å². The third-order valence-electron chi connectivity index (χ3n) is 6.11. The molecule has 0 aliphatic rings. The van der Waals surface area contributed by atoms with Crippen LogP contribution in [-0.2, 0) is 0 Å². The Morgan fingerprint density at radius 1 is 0.185 bits per heavy atom. The first kappa shape index (κ1) is 53.6. The van der Waals surface area contributed by atoms with E-state index in [0.717, 1.165) is 0 Å². The van der Waals surface area contributed by atoms with Gasteiger partial charge in [-0.1, -0.05) is 6.92 Å². The Morgan fingerprint density at radius 3 is 0.426 bits per heavy atom. The molecule has 0 nitrogen and oxygen atoms in total. The van der Waals surface area contributed by atoms with Crippen molar-refractivity contribution in [1.29, 1.82) is 0 Å². The van der Waals surface area contributed by atoms with Gasteiger partial charge in [0.15, 0.2) is 0 Å². The van der Waals surface area contributed by atoms with Gasteiger partial charge in [-0.15, -0.1) is 0 Å². The van der Waals surface area contributed by atoms with Gasteiger partial charge in [-0.2, -0.15) is 158 Å². The Kier molecular flexibility index (Phi) is 13.2. The van der Waals surface area contributed by atoms with E-state index in [4.69, 9.17) is 0 Å². The van der Waals surface area contributed by atoms with Crippen LogP contribution in [0.2, 0.25) is 0 Å². The highest BCUT2D eigenvalue weighted by Gasteiger charge is 2.96. The molecule has 0 heterocycles. The van der Waals surface area contributed by atoms with Crippen LogP contribution in [0.5, 0.6) is 0 Å². The molecule has 0 radical (unpaired) electrons. The van der Waals surface area contributed by atoms with E-state index in [1.165, 1.54) is 0 Å². The van der Waals surface area contributed by atoms with E-state index in [2.05, 4.69) is 0 Å². The van der Waals surface area contributed by atoms with Gasteiger partial charge >= 0.3 is 95.8 Å². The second kappa shape index (κ2) is 13.3. The summed E-state index contributed by atoms with van der Waals surface area (Å²) in [6, 6.07) is 0. The predicted molar refractivity (Wildman–Crippen MR) is 92.7 cm³/mol. The molecule has 54 heavy (non-hydrogen) atoms. The largest absolute Gasteiger partial charge is 0.460 e. The standard InChI is InChI=1S/C10H4F18.C8F18/c1-2(3(11,12)5(15,16)7(19,20)9(23,24)25)4(13,14)6(17,18)8(21,22)10(26,27)28;9-1(10,3(13,14)5(17,18)7(21,22)23)2(11,12)4(15,16)6(19,20)8(24,25)26/h2H,1H3;. The van der Waals surface area contributed by atoms with Crippen molar-refractivity contribution < 1.29 is 158 Å². The third-order valence-corrected chi connectivity index (χ3v) is 6.11. The number of rotatable bonds is 11. The Hall–Kier alpha value is -2.52. The van der Waals surface area contributed by atoms with Gasteiger partial charge in [-0.05, 0) is 0 Å². The van der Waals surface area contributed by atoms with Gasteiger partial charge in [0.2, 0.25) is 0 Å². The predicted octanol–water partition coefficient (Wildman–Crippen LogP) is 12.5. The first-order valence-corrected chi connectivity index (χ1v) is 11.2. The zero-order chi connectivity index (χ0) is 45.6. The fourth-order valence-electron chi connectivity index (χ4n) is 2.69. The summed E-state index contributed by atoms with van der Waals surface area (Å²) >= 11 is 0. The van der Waals surface area contributed by atoms with Crippen LogP contribution in [0.4, 0.5) is 158 Å². The quantitative estimate of drug-likeness (QED) is 0.181. The zero-order valence-electron chi connectivity index (χ0n) is 23.2. The molecule has 0 aromatic carbocycles. The first-order valence-electron chi connectivity index (χ1n) is 11.2. The van der Waals surface area contributed by atoms with Gasteiger partial charge in [-0.25, -0.2) is 0 Å². The molecule has 0 amide bonds. The van der Waals surface area contributed by atoms with E-state index in [0.29, 0.717) is 0 Å². The van der Waals surface area contributed by atoms with Crippen molar-refractivity contribution >= 4 is 0 Å². The zero-order valence-corrected chi connectivity index (χ0v) is 23.2. The molecular formula is C18H4F36. The Bertz CT molecular complexity index is 1180. The normalized spacial score (nSPS) is 16.8. The molecule has 36 heteroatoms. The van der Waals surface area contributed by atoms with Crippen molar-refractivity contribution in [3.8, 4) is 0 Å². The molecule has 0 aromatic rings. The summed E-state index contributed by atoms with van der Waals surface area (Å²) in [7, 11) is 0. The summed E-state index contributed by atoms with van der Waals surface area (Å²) in [5, 5.41) is 0. The number of alkyl halides is 36. The molecule has 0 aromatic heterocycles. The van der Waals surface area contributed by atoms with Crippen LogP contribution in [0.25, 0.3) is 0 Å². The molecule has 0 aliphatic heterocycles. The van der Waals surface area contributed by atoms with Gasteiger partial charge in [0.25, 0.3) is 0 Å². The summed E-state index contributed by atoms with van der Waals surface area (Å²) in [6.45, 7) is -1.33. The number of halogens is 36. The van der Waals surface area contributed by atoms with Crippen LogP contribution in [0.3, 0.4) is 0 Å². The number of hydrogen-bond acceptors (Lipinski definition) is 0. The summed E-state index contributed by atoms with van der Waals surface area (Å²) in [5.41, 5.74) is 0. The first-order chi connectivity index (χ1) is 22.4. The van der Waals surface area contributed by atoms with Crippen LogP contribution >= 0.6 is 0 Å². The highest BCUT2D eigenvalue weighted by molar-refractivity contribution is 5.14. The molecule has 0 fully saturated rings. The SMILES string of the molecule is CC(C(F)(F)C(F)(F)C(F)(F)C(F)(F)F)C(F)(F)C(F)(F)C(F)(F)C(F)(F)F.FC(F)(F)C(F)(F)C(F)(F)C(F)(F)C(F)(F)C(F)(F)C(F)(F)C(F)(F)F. The molecule has 0 atom stereocenters. The van der Waals surface area contributed by atoms with E-state index in [1.807, 2.05) is 0 Å².